The highest BCUT2D eigenvalue weighted by Gasteiger charge is 2.29. The first-order valence-corrected chi connectivity index (χ1v) is 6.92. The van der Waals surface area contributed by atoms with Gasteiger partial charge in [-0.2, -0.15) is 0 Å². The summed E-state index contributed by atoms with van der Waals surface area (Å²) in [5.74, 6) is 3.86. The van der Waals surface area contributed by atoms with E-state index in [1.807, 2.05) is 0 Å². The molecule has 0 amide bonds. The maximum atomic E-state index is 4.47. The number of rotatable bonds is 2. The Morgan fingerprint density at radius 1 is 1.24 bits per heavy atom. The van der Waals surface area contributed by atoms with E-state index in [-0.39, 0.29) is 0 Å². The van der Waals surface area contributed by atoms with E-state index in [4.69, 9.17) is 0 Å². The molecular formula is C13H22N4. The molecule has 4 heteroatoms. The van der Waals surface area contributed by atoms with Gasteiger partial charge >= 0.3 is 0 Å². The number of likely N-dealkylation sites (N-methyl/N-ethyl adjacent to an activating group) is 1. The van der Waals surface area contributed by atoms with Gasteiger partial charge in [-0.25, -0.2) is 0 Å². The van der Waals surface area contributed by atoms with Crippen molar-refractivity contribution in [1.82, 2.24) is 19.7 Å². The molecule has 0 N–H and O–H groups in total. The SMILES string of the molecule is CCN1CCC(c2nnc3n2CC(C)CC3)C1. The van der Waals surface area contributed by atoms with Crippen LogP contribution in [0.5, 0.6) is 0 Å². The van der Waals surface area contributed by atoms with E-state index in [0.717, 1.165) is 25.4 Å². The predicted octanol–water partition coefficient (Wildman–Crippen LogP) is 1.67. The molecule has 0 aliphatic carbocycles. The normalized spacial score (nSPS) is 29.5. The van der Waals surface area contributed by atoms with Crippen molar-refractivity contribution in [2.75, 3.05) is 19.6 Å². The zero-order chi connectivity index (χ0) is 11.8. The van der Waals surface area contributed by atoms with E-state index in [1.165, 1.54) is 37.6 Å². The molecule has 1 fully saturated rings. The molecule has 94 valence electrons. The average Bonchev–Trinajstić information content (AvgIpc) is 2.93. The minimum Gasteiger partial charge on any atom is -0.314 e. The first-order valence-electron chi connectivity index (χ1n) is 6.92. The molecule has 0 radical (unpaired) electrons. The molecule has 2 unspecified atom stereocenters. The van der Waals surface area contributed by atoms with Crippen LogP contribution in [-0.4, -0.2) is 39.3 Å². The lowest BCUT2D eigenvalue weighted by molar-refractivity contribution is 0.346. The van der Waals surface area contributed by atoms with Crippen LogP contribution in [0.4, 0.5) is 0 Å². The van der Waals surface area contributed by atoms with Crippen molar-refractivity contribution in [2.24, 2.45) is 5.92 Å². The molecule has 3 heterocycles. The van der Waals surface area contributed by atoms with Gasteiger partial charge in [0.15, 0.2) is 0 Å². The van der Waals surface area contributed by atoms with Crippen molar-refractivity contribution in [3.8, 4) is 0 Å². The van der Waals surface area contributed by atoms with Crippen LogP contribution < -0.4 is 0 Å². The van der Waals surface area contributed by atoms with Crippen LogP contribution in [0.15, 0.2) is 0 Å². The van der Waals surface area contributed by atoms with E-state index < -0.39 is 0 Å². The molecule has 4 nitrogen and oxygen atoms in total. The Hall–Kier alpha value is -0.900. The summed E-state index contributed by atoms with van der Waals surface area (Å²) in [5, 5.41) is 8.85. The van der Waals surface area contributed by atoms with Gasteiger partial charge in [0.05, 0.1) is 0 Å². The van der Waals surface area contributed by atoms with E-state index >= 15 is 0 Å². The second-order valence-corrected chi connectivity index (χ2v) is 5.61. The lowest BCUT2D eigenvalue weighted by atomic mass is 10.0. The molecule has 17 heavy (non-hydrogen) atoms. The number of likely N-dealkylation sites (tertiary alicyclic amines) is 1. The Balaban J connectivity index is 1.82. The molecule has 2 aliphatic rings. The molecule has 0 spiro atoms. The Kier molecular flexibility index (Phi) is 2.90. The fourth-order valence-corrected chi connectivity index (χ4v) is 3.14. The van der Waals surface area contributed by atoms with E-state index in [0.29, 0.717) is 5.92 Å². The highest BCUT2D eigenvalue weighted by Crippen LogP contribution is 2.29. The summed E-state index contributed by atoms with van der Waals surface area (Å²) in [7, 11) is 0. The summed E-state index contributed by atoms with van der Waals surface area (Å²) < 4.78 is 2.40. The molecule has 1 saturated heterocycles. The van der Waals surface area contributed by atoms with Crippen molar-refractivity contribution in [3.05, 3.63) is 11.6 Å². The van der Waals surface area contributed by atoms with Crippen molar-refractivity contribution in [1.29, 1.82) is 0 Å². The number of nitrogens with zero attached hydrogens (tertiary/aromatic N) is 4. The maximum absolute atomic E-state index is 4.47. The van der Waals surface area contributed by atoms with Gasteiger partial charge in [-0.15, -0.1) is 10.2 Å². The third-order valence-electron chi connectivity index (χ3n) is 4.30. The monoisotopic (exact) mass is 234 g/mol. The van der Waals surface area contributed by atoms with Crippen molar-refractivity contribution in [2.45, 2.75) is 45.6 Å². The van der Waals surface area contributed by atoms with Gasteiger partial charge in [0.25, 0.3) is 0 Å². The molecule has 2 atom stereocenters. The summed E-state index contributed by atoms with van der Waals surface area (Å²) in [6.45, 7) is 9.25. The Morgan fingerprint density at radius 2 is 2.12 bits per heavy atom. The second-order valence-electron chi connectivity index (χ2n) is 5.61. The van der Waals surface area contributed by atoms with Crippen LogP contribution in [0, 0.1) is 5.92 Å². The first kappa shape index (κ1) is 11.2. The summed E-state index contributed by atoms with van der Waals surface area (Å²) in [6.07, 6.45) is 3.63. The van der Waals surface area contributed by atoms with Gasteiger partial charge < -0.3 is 9.47 Å². The minimum absolute atomic E-state index is 0.612. The molecule has 3 rings (SSSR count). The fourth-order valence-electron chi connectivity index (χ4n) is 3.14. The maximum Gasteiger partial charge on any atom is 0.137 e. The van der Waals surface area contributed by atoms with Crippen LogP contribution >= 0.6 is 0 Å². The quantitative estimate of drug-likeness (QED) is 0.780. The fraction of sp³-hybridized carbons (Fsp3) is 0.846. The predicted molar refractivity (Wildman–Crippen MR) is 67.0 cm³/mol. The molecule has 0 bridgehead atoms. The Labute approximate surface area is 103 Å². The Morgan fingerprint density at radius 3 is 2.88 bits per heavy atom. The highest BCUT2D eigenvalue weighted by molar-refractivity contribution is 5.07. The molecule has 0 aromatic carbocycles. The zero-order valence-electron chi connectivity index (χ0n) is 10.9. The Bertz CT molecular complexity index is 398. The average molecular weight is 234 g/mol. The van der Waals surface area contributed by atoms with Gasteiger partial charge in [-0.1, -0.05) is 13.8 Å². The van der Waals surface area contributed by atoms with Crippen LogP contribution in [0.3, 0.4) is 0 Å². The van der Waals surface area contributed by atoms with Gasteiger partial charge in [-0.05, 0) is 31.8 Å². The topological polar surface area (TPSA) is 34.0 Å². The largest absolute Gasteiger partial charge is 0.314 e. The third-order valence-corrected chi connectivity index (χ3v) is 4.30. The smallest absolute Gasteiger partial charge is 0.137 e. The van der Waals surface area contributed by atoms with Gasteiger partial charge in [-0.3, -0.25) is 0 Å². The van der Waals surface area contributed by atoms with E-state index in [1.54, 1.807) is 0 Å². The third kappa shape index (κ3) is 1.99. The van der Waals surface area contributed by atoms with Crippen LogP contribution in [-0.2, 0) is 13.0 Å². The molecule has 1 aromatic rings. The molecule has 0 saturated carbocycles. The first-order chi connectivity index (χ1) is 8.28. The molecular weight excluding hydrogens is 212 g/mol. The van der Waals surface area contributed by atoms with Gasteiger partial charge in [0.1, 0.15) is 11.6 Å². The number of hydrogen-bond acceptors (Lipinski definition) is 3. The van der Waals surface area contributed by atoms with Crippen LogP contribution in [0.25, 0.3) is 0 Å². The number of hydrogen-bond donors (Lipinski definition) is 0. The lowest BCUT2D eigenvalue weighted by Crippen LogP contribution is -2.23. The number of aryl methyl sites for hydroxylation is 1. The van der Waals surface area contributed by atoms with Gasteiger partial charge in [0, 0.05) is 25.4 Å². The van der Waals surface area contributed by atoms with Crippen molar-refractivity contribution >= 4 is 0 Å². The summed E-state index contributed by atoms with van der Waals surface area (Å²) in [4.78, 5) is 2.51. The zero-order valence-corrected chi connectivity index (χ0v) is 10.9. The summed E-state index contributed by atoms with van der Waals surface area (Å²) in [5.41, 5.74) is 0. The summed E-state index contributed by atoms with van der Waals surface area (Å²) >= 11 is 0. The van der Waals surface area contributed by atoms with Crippen LogP contribution in [0.2, 0.25) is 0 Å². The lowest BCUT2D eigenvalue weighted by Gasteiger charge is -2.22. The highest BCUT2D eigenvalue weighted by atomic mass is 15.3. The number of aromatic nitrogens is 3. The van der Waals surface area contributed by atoms with Gasteiger partial charge in [0.2, 0.25) is 0 Å². The molecule has 1 aromatic heterocycles. The minimum atomic E-state index is 0.612. The standard InChI is InChI=1S/C13H22N4/c1-3-16-7-6-11(9-16)13-15-14-12-5-4-10(2)8-17(12)13/h10-11H,3-9H2,1-2H3. The molecule has 2 aliphatic heterocycles. The van der Waals surface area contributed by atoms with E-state index in [9.17, 15) is 0 Å². The second kappa shape index (κ2) is 4.41. The number of fused-ring (bicyclic) bond motifs is 1. The van der Waals surface area contributed by atoms with E-state index in [2.05, 4.69) is 33.5 Å². The van der Waals surface area contributed by atoms with Crippen LogP contribution in [0.1, 0.15) is 44.3 Å². The summed E-state index contributed by atoms with van der Waals surface area (Å²) in [6, 6.07) is 0. The van der Waals surface area contributed by atoms with Crippen molar-refractivity contribution < 1.29 is 0 Å². The van der Waals surface area contributed by atoms with Crippen molar-refractivity contribution in [3.63, 3.8) is 0 Å².